The fraction of sp³-hybridized carbons (Fsp3) is 0.382. The first-order chi connectivity index (χ1) is 20.2. The molecule has 3 amide bonds. The summed E-state index contributed by atoms with van der Waals surface area (Å²) in [7, 11) is 0. The highest BCUT2D eigenvalue weighted by molar-refractivity contribution is 8.00. The van der Waals surface area contributed by atoms with Crippen molar-refractivity contribution in [1.29, 1.82) is 5.26 Å². The number of carbonyl (C=O) groups excluding carboxylic acids is 3. The Kier molecular flexibility index (Phi) is 8.79. The Labute approximate surface area is 251 Å². The third-order valence-electron chi connectivity index (χ3n) is 8.85. The lowest BCUT2D eigenvalue weighted by atomic mass is 9.69. The van der Waals surface area contributed by atoms with Crippen LogP contribution >= 0.6 is 11.8 Å². The van der Waals surface area contributed by atoms with Gasteiger partial charge in [-0.15, -0.1) is 0 Å². The zero-order chi connectivity index (χ0) is 29.9. The molecule has 1 fully saturated rings. The summed E-state index contributed by atoms with van der Waals surface area (Å²) < 4.78 is 0. The van der Waals surface area contributed by atoms with Crippen molar-refractivity contribution in [3.63, 3.8) is 0 Å². The summed E-state index contributed by atoms with van der Waals surface area (Å²) in [6.07, 6.45) is 3.83. The monoisotopic (exact) mass is 580 g/mol. The van der Waals surface area contributed by atoms with Crippen LogP contribution in [0.2, 0.25) is 0 Å². The predicted octanol–water partition coefficient (Wildman–Crippen LogP) is 5.95. The van der Waals surface area contributed by atoms with Gasteiger partial charge in [0.05, 0.1) is 23.4 Å². The second-order valence-electron chi connectivity index (χ2n) is 11.8. The second-order valence-corrected chi connectivity index (χ2v) is 12.7. The molecule has 216 valence electrons. The van der Waals surface area contributed by atoms with Crippen LogP contribution in [0.15, 0.2) is 71.8 Å². The topological polar surface area (TPSA) is 94.4 Å². The lowest BCUT2D eigenvalue weighted by Gasteiger charge is -2.37. The summed E-state index contributed by atoms with van der Waals surface area (Å²) in [5, 5.41) is 10.5. The molecule has 1 saturated heterocycles. The van der Waals surface area contributed by atoms with Gasteiger partial charge in [0.25, 0.3) is 5.91 Å². The minimum atomic E-state index is -0.906. The van der Waals surface area contributed by atoms with Gasteiger partial charge in [-0.1, -0.05) is 87.5 Å². The van der Waals surface area contributed by atoms with E-state index in [0.29, 0.717) is 22.2 Å². The Morgan fingerprint density at radius 1 is 1.10 bits per heavy atom. The van der Waals surface area contributed by atoms with Crippen LogP contribution < -0.4 is 4.90 Å². The van der Waals surface area contributed by atoms with E-state index in [-0.39, 0.29) is 35.9 Å². The summed E-state index contributed by atoms with van der Waals surface area (Å²) in [4.78, 5) is 47.9. The van der Waals surface area contributed by atoms with Gasteiger partial charge in [0.15, 0.2) is 0 Å². The third kappa shape index (κ3) is 6.12. The highest BCUT2D eigenvalue weighted by Crippen LogP contribution is 2.40. The smallest absolute Gasteiger partial charge is 0.257 e. The molecule has 2 heterocycles. The van der Waals surface area contributed by atoms with Gasteiger partial charge in [-0.2, -0.15) is 5.26 Å². The Hall–Kier alpha value is -3.96. The van der Waals surface area contributed by atoms with Crippen molar-refractivity contribution in [2.24, 2.45) is 11.3 Å². The van der Waals surface area contributed by atoms with Crippen molar-refractivity contribution < 1.29 is 14.4 Å². The lowest BCUT2D eigenvalue weighted by Crippen LogP contribution is -2.45. The zero-order valence-electron chi connectivity index (χ0n) is 24.4. The number of aryl methyl sites for hydroxylation is 1. The molecule has 3 aromatic rings. The van der Waals surface area contributed by atoms with Crippen LogP contribution in [-0.2, 0) is 33.8 Å². The molecule has 0 saturated carbocycles. The third-order valence-corrected chi connectivity index (χ3v) is 9.83. The van der Waals surface area contributed by atoms with Crippen molar-refractivity contribution in [2.45, 2.75) is 70.5 Å². The van der Waals surface area contributed by atoms with E-state index in [1.54, 1.807) is 24.3 Å². The van der Waals surface area contributed by atoms with Crippen molar-refractivity contribution >= 4 is 35.2 Å². The fourth-order valence-corrected chi connectivity index (χ4v) is 6.73. The number of hydrogen-bond acceptors (Lipinski definition) is 6. The van der Waals surface area contributed by atoms with E-state index < -0.39 is 11.9 Å². The van der Waals surface area contributed by atoms with Crippen LogP contribution in [0.4, 0.5) is 5.69 Å². The van der Waals surface area contributed by atoms with E-state index in [4.69, 9.17) is 4.98 Å². The van der Waals surface area contributed by atoms with Crippen LogP contribution in [0.1, 0.15) is 62.4 Å². The van der Waals surface area contributed by atoms with Gasteiger partial charge in [0.2, 0.25) is 11.8 Å². The van der Waals surface area contributed by atoms with Crippen LogP contribution in [0.3, 0.4) is 0 Å². The van der Waals surface area contributed by atoms with Crippen molar-refractivity contribution in [2.75, 3.05) is 10.7 Å². The number of benzene rings is 2. The molecule has 0 spiro atoms. The second kappa shape index (κ2) is 12.5. The summed E-state index contributed by atoms with van der Waals surface area (Å²) in [6.45, 7) is 7.03. The summed E-state index contributed by atoms with van der Waals surface area (Å²) in [5.74, 6) is -0.477. The number of aromatic nitrogens is 1. The van der Waals surface area contributed by atoms with Gasteiger partial charge < -0.3 is 4.90 Å². The number of nitriles is 1. The van der Waals surface area contributed by atoms with Gasteiger partial charge >= 0.3 is 0 Å². The Morgan fingerprint density at radius 2 is 1.79 bits per heavy atom. The minimum Gasteiger partial charge on any atom is -0.325 e. The molecule has 2 aromatic carbocycles. The van der Waals surface area contributed by atoms with E-state index in [0.717, 1.165) is 42.5 Å². The molecule has 8 heteroatoms. The molecule has 1 aromatic heterocycles. The summed E-state index contributed by atoms with van der Waals surface area (Å²) >= 11 is 1.23. The molecule has 5 rings (SSSR count). The molecular weight excluding hydrogens is 544 g/mol. The quantitative estimate of drug-likeness (QED) is 0.229. The summed E-state index contributed by atoms with van der Waals surface area (Å²) in [5.41, 5.74) is 4.19. The molecule has 0 N–H and O–H groups in total. The average Bonchev–Trinajstić information content (AvgIpc) is 3.31. The number of rotatable bonds is 9. The zero-order valence-corrected chi connectivity index (χ0v) is 25.2. The maximum absolute atomic E-state index is 13.8. The van der Waals surface area contributed by atoms with Crippen LogP contribution in [-0.4, -0.2) is 39.4 Å². The van der Waals surface area contributed by atoms with Gasteiger partial charge in [-0.05, 0) is 59.9 Å². The fourth-order valence-electron chi connectivity index (χ4n) is 5.86. The first kappa shape index (κ1) is 29.5. The van der Waals surface area contributed by atoms with Gasteiger partial charge in [-0.25, -0.2) is 9.88 Å². The first-order valence-corrected chi connectivity index (χ1v) is 15.5. The molecule has 2 unspecified atom stereocenters. The number of thioether (sulfide) groups is 1. The number of carbonyl (C=O) groups is 3. The molecule has 2 aliphatic rings. The number of para-hydroxylation sites is 1. The highest BCUT2D eigenvalue weighted by Gasteiger charge is 2.44. The molecular formula is C34H36N4O3S. The normalized spacial score (nSPS) is 18.5. The van der Waals surface area contributed by atoms with E-state index in [1.165, 1.54) is 21.6 Å². The maximum Gasteiger partial charge on any atom is 0.257 e. The number of imide groups is 1. The average molecular weight is 581 g/mol. The Balaban J connectivity index is 1.36. The molecule has 2 atom stereocenters. The number of nitrogens with zero attached hydrogens (tertiary/aromatic N) is 4. The van der Waals surface area contributed by atoms with Gasteiger partial charge in [0, 0.05) is 12.2 Å². The standard InChI is InChI=1S/C34H36N4O3S/c1-4-34(2,3)26-15-16-28-24(18-26)17-25(20-35)32(36-28)42-22-31(40)37(21-23-11-7-5-8-12-23)29-19-30(39)38(33(29)41)27-13-9-6-10-14-27/h5-14,17,26,29H,4,15-16,18-19,21-22H2,1-3H3. The molecule has 42 heavy (non-hydrogen) atoms. The predicted molar refractivity (Wildman–Crippen MR) is 164 cm³/mol. The number of hydrogen-bond donors (Lipinski definition) is 0. The minimum absolute atomic E-state index is 0.00208. The SMILES string of the molecule is CCC(C)(C)C1CCc2nc(SCC(=O)N(Cc3ccccc3)C3CC(=O)N(c4ccccc4)C3=O)c(C#N)cc2C1. The summed E-state index contributed by atoms with van der Waals surface area (Å²) in [6, 6.07) is 21.6. The lowest BCUT2D eigenvalue weighted by molar-refractivity contribution is -0.136. The van der Waals surface area contributed by atoms with Crippen LogP contribution in [0.5, 0.6) is 0 Å². The maximum atomic E-state index is 13.8. The molecule has 0 radical (unpaired) electrons. The molecule has 1 aliphatic heterocycles. The van der Waals surface area contributed by atoms with E-state index in [1.807, 2.05) is 42.5 Å². The van der Waals surface area contributed by atoms with E-state index in [9.17, 15) is 19.6 Å². The van der Waals surface area contributed by atoms with E-state index >= 15 is 0 Å². The van der Waals surface area contributed by atoms with Crippen LogP contribution in [0.25, 0.3) is 0 Å². The molecule has 0 bridgehead atoms. The first-order valence-electron chi connectivity index (χ1n) is 14.5. The van der Waals surface area contributed by atoms with E-state index in [2.05, 4.69) is 26.8 Å². The molecule has 7 nitrogen and oxygen atoms in total. The number of pyridine rings is 1. The van der Waals surface area contributed by atoms with Gasteiger partial charge in [0.1, 0.15) is 17.1 Å². The van der Waals surface area contributed by atoms with Crippen LogP contribution in [0, 0.1) is 22.7 Å². The highest BCUT2D eigenvalue weighted by atomic mass is 32.2. The van der Waals surface area contributed by atoms with Crippen molar-refractivity contribution in [1.82, 2.24) is 9.88 Å². The Morgan fingerprint density at radius 3 is 2.45 bits per heavy atom. The Bertz CT molecular complexity index is 1520. The van der Waals surface area contributed by atoms with Crippen molar-refractivity contribution in [3.8, 4) is 6.07 Å². The number of fused-ring (bicyclic) bond motifs is 1. The number of amides is 3. The number of anilines is 1. The molecule has 1 aliphatic carbocycles. The van der Waals surface area contributed by atoms with Gasteiger partial charge in [-0.3, -0.25) is 14.4 Å². The van der Waals surface area contributed by atoms with Crippen molar-refractivity contribution in [3.05, 3.63) is 89.1 Å². The largest absolute Gasteiger partial charge is 0.325 e.